The maximum absolute atomic E-state index is 12.4. The molecule has 0 saturated heterocycles. The highest BCUT2D eigenvalue weighted by atomic mass is 16.2. The van der Waals surface area contributed by atoms with Crippen molar-refractivity contribution in [3.05, 3.63) is 30.1 Å². The van der Waals surface area contributed by atoms with Crippen molar-refractivity contribution in [2.75, 3.05) is 6.54 Å². The first-order valence-corrected chi connectivity index (χ1v) is 9.12. The molecule has 0 unspecified atom stereocenters. The standard InChI is InChI=1S/C17H23N7O2/c25-16(20-13-1-2-13)4-3-14-9-15-10-22(7-8-24(15)21-14)17(26)5-6-23-12-18-11-19-23/h9,11-13H,1-8,10H2,(H,20,25). The van der Waals surface area contributed by atoms with Gasteiger partial charge in [0.1, 0.15) is 12.7 Å². The zero-order valence-electron chi connectivity index (χ0n) is 14.7. The first kappa shape index (κ1) is 16.7. The monoisotopic (exact) mass is 357 g/mol. The summed E-state index contributed by atoms with van der Waals surface area (Å²) < 4.78 is 3.62. The van der Waals surface area contributed by atoms with Gasteiger partial charge in [-0.1, -0.05) is 0 Å². The lowest BCUT2D eigenvalue weighted by Gasteiger charge is -2.27. The van der Waals surface area contributed by atoms with Crippen LogP contribution in [0.3, 0.4) is 0 Å². The van der Waals surface area contributed by atoms with E-state index in [0.29, 0.717) is 51.5 Å². The molecule has 3 heterocycles. The van der Waals surface area contributed by atoms with Gasteiger partial charge in [0, 0.05) is 31.8 Å². The van der Waals surface area contributed by atoms with E-state index in [9.17, 15) is 9.59 Å². The first-order valence-electron chi connectivity index (χ1n) is 9.12. The first-order chi connectivity index (χ1) is 12.7. The van der Waals surface area contributed by atoms with Gasteiger partial charge in [-0.05, 0) is 18.9 Å². The van der Waals surface area contributed by atoms with E-state index in [0.717, 1.165) is 24.2 Å². The van der Waals surface area contributed by atoms with Gasteiger partial charge in [-0.15, -0.1) is 0 Å². The van der Waals surface area contributed by atoms with Crippen molar-refractivity contribution < 1.29 is 9.59 Å². The number of carbonyl (C=O) groups is 2. The van der Waals surface area contributed by atoms with Crippen LogP contribution in [0.5, 0.6) is 0 Å². The van der Waals surface area contributed by atoms with Crippen LogP contribution in [-0.4, -0.2) is 53.8 Å². The van der Waals surface area contributed by atoms with E-state index in [1.165, 1.54) is 6.33 Å². The van der Waals surface area contributed by atoms with Gasteiger partial charge in [-0.2, -0.15) is 10.2 Å². The van der Waals surface area contributed by atoms with Crippen molar-refractivity contribution in [2.24, 2.45) is 0 Å². The number of hydrogen-bond donors (Lipinski definition) is 1. The highest BCUT2D eigenvalue weighted by Crippen LogP contribution is 2.19. The van der Waals surface area contributed by atoms with Gasteiger partial charge >= 0.3 is 0 Å². The fourth-order valence-corrected chi connectivity index (χ4v) is 3.15. The molecule has 1 aliphatic carbocycles. The zero-order chi connectivity index (χ0) is 17.9. The summed E-state index contributed by atoms with van der Waals surface area (Å²) in [7, 11) is 0. The molecule has 1 saturated carbocycles. The minimum absolute atomic E-state index is 0.100. The molecule has 9 nitrogen and oxygen atoms in total. The Morgan fingerprint density at radius 2 is 2.12 bits per heavy atom. The van der Waals surface area contributed by atoms with E-state index >= 15 is 0 Å². The molecule has 9 heteroatoms. The molecular formula is C17H23N7O2. The molecule has 0 radical (unpaired) electrons. The molecule has 26 heavy (non-hydrogen) atoms. The van der Waals surface area contributed by atoms with Gasteiger partial charge in [0.15, 0.2) is 0 Å². The molecule has 0 atom stereocenters. The van der Waals surface area contributed by atoms with Crippen molar-refractivity contribution in [1.29, 1.82) is 0 Å². The Balaban J connectivity index is 1.28. The van der Waals surface area contributed by atoms with Crippen molar-refractivity contribution in [3.63, 3.8) is 0 Å². The summed E-state index contributed by atoms with van der Waals surface area (Å²) in [6.45, 7) is 2.46. The van der Waals surface area contributed by atoms with Crippen LogP contribution in [-0.2, 0) is 35.6 Å². The van der Waals surface area contributed by atoms with Gasteiger partial charge in [0.2, 0.25) is 11.8 Å². The van der Waals surface area contributed by atoms with Gasteiger partial charge < -0.3 is 10.2 Å². The molecule has 4 rings (SSSR count). The molecule has 2 aromatic heterocycles. The van der Waals surface area contributed by atoms with Crippen molar-refractivity contribution in [2.45, 2.75) is 57.8 Å². The van der Waals surface area contributed by atoms with Crippen molar-refractivity contribution >= 4 is 11.8 Å². The smallest absolute Gasteiger partial charge is 0.224 e. The fraction of sp³-hybridized carbons (Fsp3) is 0.588. The van der Waals surface area contributed by atoms with E-state index in [4.69, 9.17) is 0 Å². The van der Waals surface area contributed by atoms with Crippen LogP contribution >= 0.6 is 0 Å². The molecule has 2 aliphatic rings. The average Bonchev–Trinajstić information content (AvgIpc) is 3.14. The summed E-state index contributed by atoms with van der Waals surface area (Å²) in [6, 6.07) is 2.41. The molecule has 0 aromatic carbocycles. The molecule has 0 spiro atoms. The number of aromatic nitrogens is 5. The normalized spacial score (nSPS) is 16.4. The number of nitrogens with zero attached hydrogens (tertiary/aromatic N) is 6. The van der Waals surface area contributed by atoms with E-state index < -0.39 is 0 Å². The lowest BCUT2D eigenvalue weighted by molar-refractivity contribution is -0.133. The maximum Gasteiger partial charge on any atom is 0.224 e. The summed E-state index contributed by atoms with van der Waals surface area (Å²) in [5.74, 6) is 0.210. The number of hydrogen-bond acceptors (Lipinski definition) is 5. The number of nitrogens with one attached hydrogen (secondary N) is 1. The van der Waals surface area contributed by atoms with Gasteiger partial charge in [0.05, 0.1) is 31.0 Å². The topological polar surface area (TPSA) is 97.9 Å². The Labute approximate surface area is 151 Å². The fourth-order valence-electron chi connectivity index (χ4n) is 3.15. The second-order valence-electron chi connectivity index (χ2n) is 6.92. The van der Waals surface area contributed by atoms with Crippen LogP contribution in [0, 0.1) is 0 Å². The summed E-state index contributed by atoms with van der Waals surface area (Å²) >= 11 is 0. The SMILES string of the molecule is O=C(CCc1cc2n(n1)CCN(C(=O)CCn1cncn1)C2)NC1CC1. The second-order valence-corrected chi connectivity index (χ2v) is 6.92. The van der Waals surface area contributed by atoms with Crippen LogP contribution in [0.2, 0.25) is 0 Å². The summed E-state index contributed by atoms with van der Waals surface area (Å²) in [5.41, 5.74) is 1.95. The second kappa shape index (κ2) is 7.27. The number of aryl methyl sites for hydroxylation is 2. The van der Waals surface area contributed by atoms with Crippen LogP contribution in [0.25, 0.3) is 0 Å². The van der Waals surface area contributed by atoms with Crippen LogP contribution in [0.1, 0.15) is 37.1 Å². The third-order valence-electron chi connectivity index (χ3n) is 4.77. The lowest BCUT2D eigenvalue weighted by atomic mass is 10.2. The molecule has 1 fully saturated rings. The summed E-state index contributed by atoms with van der Waals surface area (Å²) in [5, 5.41) is 11.6. The molecule has 0 bridgehead atoms. The molecule has 1 N–H and O–H groups in total. The minimum Gasteiger partial charge on any atom is -0.353 e. The lowest BCUT2D eigenvalue weighted by Crippen LogP contribution is -2.38. The average molecular weight is 357 g/mol. The van der Waals surface area contributed by atoms with Crippen LogP contribution in [0.4, 0.5) is 0 Å². The Hall–Kier alpha value is -2.71. The van der Waals surface area contributed by atoms with E-state index in [-0.39, 0.29) is 11.8 Å². The minimum atomic E-state index is 0.100. The number of rotatable bonds is 7. The van der Waals surface area contributed by atoms with Gasteiger partial charge in [-0.3, -0.25) is 19.0 Å². The Bertz CT molecular complexity index is 779. The van der Waals surface area contributed by atoms with Crippen LogP contribution in [0.15, 0.2) is 18.7 Å². The highest BCUT2D eigenvalue weighted by molar-refractivity contribution is 5.77. The molecule has 138 valence electrons. The van der Waals surface area contributed by atoms with Crippen LogP contribution < -0.4 is 5.32 Å². The number of carbonyl (C=O) groups excluding carboxylic acids is 2. The predicted molar refractivity (Wildman–Crippen MR) is 91.8 cm³/mol. The predicted octanol–water partition coefficient (Wildman–Crippen LogP) is 0.118. The van der Waals surface area contributed by atoms with Gasteiger partial charge in [-0.25, -0.2) is 4.98 Å². The maximum atomic E-state index is 12.4. The van der Waals surface area contributed by atoms with E-state index in [1.807, 2.05) is 15.6 Å². The summed E-state index contributed by atoms with van der Waals surface area (Å²) in [4.78, 5) is 30.0. The van der Waals surface area contributed by atoms with Crippen molar-refractivity contribution in [1.82, 2.24) is 34.8 Å². The quantitative estimate of drug-likeness (QED) is 0.759. The van der Waals surface area contributed by atoms with E-state index in [2.05, 4.69) is 20.5 Å². The number of fused-ring (bicyclic) bond motifs is 1. The third kappa shape index (κ3) is 4.09. The highest BCUT2D eigenvalue weighted by Gasteiger charge is 2.24. The van der Waals surface area contributed by atoms with Gasteiger partial charge in [0.25, 0.3) is 0 Å². The molecule has 2 aromatic rings. The Kier molecular flexibility index (Phi) is 4.68. The zero-order valence-corrected chi connectivity index (χ0v) is 14.7. The largest absolute Gasteiger partial charge is 0.353 e. The molecule has 2 amide bonds. The van der Waals surface area contributed by atoms with Crippen molar-refractivity contribution in [3.8, 4) is 0 Å². The summed E-state index contributed by atoms with van der Waals surface area (Å²) in [6.07, 6.45) is 6.80. The molecular weight excluding hydrogens is 334 g/mol. The Morgan fingerprint density at radius 1 is 1.23 bits per heavy atom. The Morgan fingerprint density at radius 3 is 2.88 bits per heavy atom. The molecule has 1 aliphatic heterocycles. The third-order valence-corrected chi connectivity index (χ3v) is 4.77. The number of amides is 2. The van der Waals surface area contributed by atoms with E-state index in [1.54, 1.807) is 11.0 Å².